The molecule has 2 aliphatic rings. The Morgan fingerprint density at radius 2 is 1.83 bits per heavy atom. The first-order chi connectivity index (χ1) is 17.3. The van der Waals surface area contributed by atoms with Crippen LogP contribution in [-0.4, -0.2) is 71.7 Å². The van der Waals surface area contributed by atoms with E-state index in [4.69, 9.17) is 0 Å². The molecule has 2 aliphatic heterocycles. The van der Waals surface area contributed by atoms with Gasteiger partial charge in [0.15, 0.2) is 5.01 Å². The van der Waals surface area contributed by atoms with E-state index in [1.807, 2.05) is 0 Å². The highest BCUT2D eigenvalue weighted by Gasteiger charge is 2.37. The summed E-state index contributed by atoms with van der Waals surface area (Å²) in [6.07, 6.45) is -2.84. The highest BCUT2D eigenvalue weighted by molar-refractivity contribution is 7.11. The van der Waals surface area contributed by atoms with Crippen molar-refractivity contribution in [1.29, 1.82) is 0 Å². The van der Waals surface area contributed by atoms with Gasteiger partial charge in [0.2, 0.25) is 5.91 Å². The second-order valence-electron chi connectivity index (χ2n) is 8.62. The number of carbonyl (C=O) groups excluding carboxylic acids is 2. The van der Waals surface area contributed by atoms with Gasteiger partial charge in [-0.25, -0.2) is 4.98 Å². The average molecular weight is 517 g/mol. The molecule has 0 bridgehead atoms. The number of nitrogens with zero attached hydrogens (tertiary/aromatic N) is 4. The van der Waals surface area contributed by atoms with E-state index in [-0.39, 0.29) is 23.6 Å². The number of carbonyl (C=O) groups is 2. The van der Waals surface area contributed by atoms with Gasteiger partial charge in [0, 0.05) is 68.0 Å². The van der Waals surface area contributed by atoms with Crippen LogP contribution in [0.25, 0.3) is 11.1 Å². The summed E-state index contributed by atoms with van der Waals surface area (Å²) in [7, 11) is 0. The Bertz CT molecular complexity index is 1240. The lowest BCUT2D eigenvalue weighted by molar-refractivity contribution is -0.274. The summed E-state index contributed by atoms with van der Waals surface area (Å²) in [5, 5.41) is 2.26. The van der Waals surface area contributed by atoms with Crippen LogP contribution >= 0.6 is 11.3 Å². The number of anilines is 1. The fourth-order valence-electron chi connectivity index (χ4n) is 4.70. The van der Waals surface area contributed by atoms with Crippen molar-refractivity contribution in [3.8, 4) is 16.9 Å². The minimum absolute atomic E-state index is 0.000815. The zero-order chi connectivity index (χ0) is 25.3. The minimum Gasteiger partial charge on any atom is -0.405 e. The number of alkyl halides is 3. The molecule has 2 fully saturated rings. The third-order valence-electron chi connectivity index (χ3n) is 6.42. The first-order valence-electron chi connectivity index (χ1n) is 11.5. The number of amides is 2. The molecule has 0 spiro atoms. The first-order valence-corrected chi connectivity index (χ1v) is 12.3. The highest BCUT2D eigenvalue weighted by atomic mass is 32.1. The molecule has 2 saturated heterocycles. The van der Waals surface area contributed by atoms with Gasteiger partial charge in [-0.3, -0.25) is 14.5 Å². The molecule has 188 valence electrons. The van der Waals surface area contributed by atoms with Crippen molar-refractivity contribution >= 4 is 28.8 Å². The minimum atomic E-state index is -4.80. The SMILES string of the molecule is O=C(c1nccs1)N1CCN(C2CC(=O)N(c3cccc(-c4ccccc4OC(F)(F)F)c3)C2)CC1. The zero-order valence-corrected chi connectivity index (χ0v) is 20.0. The monoisotopic (exact) mass is 516 g/mol. The quantitative estimate of drug-likeness (QED) is 0.507. The second kappa shape index (κ2) is 9.90. The molecule has 36 heavy (non-hydrogen) atoms. The molecule has 1 unspecified atom stereocenters. The van der Waals surface area contributed by atoms with Crippen LogP contribution in [0.4, 0.5) is 18.9 Å². The molecule has 0 N–H and O–H groups in total. The molecule has 0 saturated carbocycles. The van der Waals surface area contributed by atoms with E-state index in [0.717, 1.165) is 0 Å². The number of piperazine rings is 1. The molecule has 3 aromatic rings. The maximum atomic E-state index is 12.9. The maximum absolute atomic E-state index is 12.9. The number of halogens is 3. The number of benzene rings is 2. The van der Waals surface area contributed by atoms with Crippen LogP contribution in [-0.2, 0) is 4.79 Å². The van der Waals surface area contributed by atoms with Crippen LogP contribution in [0.1, 0.15) is 16.2 Å². The standard InChI is InChI=1S/C25H23F3N4O3S/c26-25(27,28)35-21-7-2-1-6-20(21)17-4-3-5-18(14-17)32-16-19(15-22(32)33)30-9-11-31(12-10-30)24(34)23-29-8-13-36-23/h1-8,13-14,19H,9-12,15-16H2. The predicted octanol–water partition coefficient (Wildman–Crippen LogP) is 4.27. The van der Waals surface area contributed by atoms with Crippen molar-refractivity contribution in [3.05, 3.63) is 65.1 Å². The average Bonchev–Trinajstić information content (AvgIpc) is 3.53. The van der Waals surface area contributed by atoms with E-state index in [2.05, 4.69) is 14.6 Å². The molecule has 1 aromatic heterocycles. The molecule has 2 amide bonds. The van der Waals surface area contributed by atoms with Gasteiger partial charge in [-0.2, -0.15) is 0 Å². The molecule has 2 aromatic carbocycles. The lowest BCUT2D eigenvalue weighted by atomic mass is 10.0. The molecular weight excluding hydrogens is 493 g/mol. The topological polar surface area (TPSA) is 66.0 Å². The fraction of sp³-hybridized carbons (Fsp3) is 0.320. The molecule has 0 radical (unpaired) electrons. The van der Waals surface area contributed by atoms with Gasteiger partial charge in [0.05, 0.1) is 0 Å². The Kier molecular flexibility index (Phi) is 6.67. The van der Waals surface area contributed by atoms with Gasteiger partial charge < -0.3 is 14.5 Å². The largest absolute Gasteiger partial charge is 0.573 e. The van der Waals surface area contributed by atoms with E-state index >= 15 is 0 Å². The lowest BCUT2D eigenvalue weighted by Gasteiger charge is -2.37. The van der Waals surface area contributed by atoms with Crippen LogP contribution in [0.3, 0.4) is 0 Å². The summed E-state index contributed by atoms with van der Waals surface area (Å²) in [6.45, 7) is 2.92. The van der Waals surface area contributed by atoms with Crippen molar-refractivity contribution in [1.82, 2.24) is 14.8 Å². The third kappa shape index (κ3) is 5.21. The van der Waals surface area contributed by atoms with Crippen molar-refractivity contribution in [3.63, 3.8) is 0 Å². The smallest absolute Gasteiger partial charge is 0.405 e. The Labute approximate surface area is 209 Å². The summed E-state index contributed by atoms with van der Waals surface area (Å²) < 4.78 is 42.8. The summed E-state index contributed by atoms with van der Waals surface area (Å²) in [5.74, 6) is -0.406. The molecule has 11 heteroatoms. The van der Waals surface area contributed by atoms with Crippen LogP contribution in [0.2, 0.25) is 0 Å². The van der Waals surface area contributed by atoms with Crippen LogP contribution in [0.5, 0.6) is 5.75 Å². The summed E-state index contributed by atoms with van der Waals surface area (Å²) in [5.41, 5.74) is 1.44. The number of hydrogen-bond acceptors (Lipinski definition) is 6. The lowest BCUT2D eigenvalue weighted by Crippen LogP contribution is -2.52. The van der Waals surface area contributed by atoms with E-state index in [1.165, 1.54) is 23.5 Å². The number of ether oxygens (including phenoxy) is 1. The van der Waals surface area contributed by atoms with Gasteiger partial charge in [0.25, 0.3) is 5.91 Å². The van der Waals surface area contributed by atoms with Gasteiger partial charge in [0.1, 0.15) is 5.75 Å². The van der Waals surface area contributed by atoms with Crippen LogP contribution < -0.4 is 9.64 Å². The fourth-order valence-corrected chi connectivity index (χ4v) is 5.30. The predicted molar refractivity (Wildman–Crippen MR) is 129 cm³/mol. The van der Waals surface area contributed by atoms with Crippen molar-refractivity contribution < 1.29 is 27.5 Å². The Balaban J connectivity index is 1.27. The van der Waals surface area contributed by atoms with Gasteiger partial charge in [-0.05, 0) is 23.8 Å². The molecule has 0 aliphatic carbocycles. The molecule has 7 nitrogen and oxygen atoms in total. The van der Waals surface area contributed by atoms with Crippen molar-refractivity contribution in [2.24, 2.45) is 0 Å². The number of aromatic nitrogens is 1. The number of rotatable bonds is 5. The summed E-state index contributed by atoms with van der Waals surface area (Å²) in [6, 6.07) is 12.9. The van der Waals surface area contributed by atoms with Crippen molar-refractivity contribution in [2.45, 2.75) is 18.8 Å². The number of thiazole rings is 1. The Morgan fingerprint density at radius 3 is 2.56 bits per heavy atom. The number of hydrogen-bond donors (Lipinski definition) is 0. The van der Waals surface area contributed by atoms with Gasteiger partial charge in [-0.15, -0.1) is 24.5 Å². The van der Waals surface area contributed by atoms with E-state index < -0.39 is 6.36 Å². The maximum Gasteiger partial charge on any atom is 0.573 e. The third-order valence-corrected chi connectivity index (χ3v) is 7.18. The highest BCUT2D eigenvalue weighted by Crippen LogP contribution is 2.36. The molecule has 3 heterocycles. The van der Waals surface area contributed by atoms with E-state index in [9.17, 15) is 22.8 Å². The van der Waals surface area contributed by atoms with Crippen LogP contribution in [0, 0.1) is 0 Å². The molecular formula is C25H23F3N4O3S. The van der Waals surface area contributed by atoms with E-state index in [0.29, 0.717) is 61.0 Å². The first kappa shape index (κ1) is 24.3. The number of para-hydroxylation sites is 1. The zero-order valence-electron chi connectivity index (χ0n) is 19.1. The molecule has 5 rings (SSSR count). The second-order valence-corrected chi connectivity index (χ2v) is 9.52. The van der Waals surface area contributed by atoms with Gasteiger partial charge in [-0.1, -0.05) is 30.3 Å². The van der Waals surface area contributed by atoms with Crippen molar-refractivity contribution in [2.75, 3.05) is 37.6 Å². The Hall–Kier alpha value is -3.44. The van der Waals surface area contributed by atoms with Crippen LogP contribution in [0.15, 0.2) is 60.1 Å². The normalized spacial score (nSPS) is 19.1. The molecule has 1 atom stereocenters. The van der Waals surface area contributed by atoms with Gasteiger partial charge >= 0.3 is 6.36 Å². The summed E-state index contributed by atoms with van der Waals surface area (Å²) in [4.78, 5) is 35.2. The Morgan fingerprint density at radius 1 is 1.06 bits per heavy atom. The van der Waals surface area contributed by atoms with E-state index in [1.54, 1.807) is 57.8 Å². The summed E-state index contributed by atoms with van der Waals surface area (Å²) >= 11 is 1.32.